The normalized spacial score (nSPS) is 22.3. The van der Waals surface area contributed by atoms with Crippen LogP contribution in [0.15, 0.2) is 24.3 Å². The fourth-order valence-corrected chi connectivity index (χ4v) is 2.18. The Morgan fingerprint density at radius 3 is 2.92 bits per heavy atom. The summed E-state index contributed by atoms with van der Waals surface area (Å²) in [5.74, 6) is 0. The van der Waals surface area contributed by atoms with Crippen molar-refractivity contribution in [1.82, 2.24) is 0 Å². The Bertz CT molecular complexity index is 303. The van der Waals surface area contributed by atoms with Crippen LogP contribution in [0.3, 0.4) is 0 Å². The molecular weight excluding hydrogens is 277 g/mol. The zero-order valence-electron chi connectivity index (χ0n) is 7.28. The van der Waals surface area contributed by atoms with Crippen molar-refractivity contribution in [2.24, 2.45) is 0 Å². The predicted octanol–water partition coefficient (Wildman–Crippen LogP) is 1.86. The van der Waals surface area contributed by atoms with Crippen LogP contribution in [0.4, 0.5) is 5.69 Å². The smallest absolute Gasteiger partial charge is 0.0731 e. The number of hydrogen-bond donors (Lipinski definition) is 1. The van der Waals surface area contributed by atoms with Crippen molar-refractivity contribution in [2.45, 2.75) is 12.5 Å². The van der Waals surface area contributed by atoms with E-state index in [0.717, 1.165) is 19.5 Å². The molecule has 0 bridgehead atoms. The summed E-state index contributed by atoms with van der Waals surface area (Å²) in [6.07, 6.45) is 0.753. The zero-order valence-corrected chi connectivity index (χ0v) is 9.44. The summed E-state index contributed by atoms with van der Waals surface area (Å²) in [5.41, 5.74) is 1.23. The molecule has 13 heavy (non-hydrogen) atoms. The number of anilines is 1. The van der Waals surface area contributed by atoms with Gasteiger partial charge in [0, 0.05) is 22.3 Å². The third-order valence-corrected chi connectivity index (χ3v) is 3.01. The Kier molecular flexibility index (Phi) is 2.74. The minimum atomic E-state index is -0.141. The summed E-state index contributed by atoms with van der Waals surface area (Å²) in [6.45, 7) is 1.75. The highest BCUT2D eigenvalue weighted by Crippen LogP contribution is 2.21. The minimum absolute atomic E-state index is 0.141. The molecule has 1 aromatic rings. The highest BCUT2D eigenvalue weighted by Gasteiger charge is 2.19. The van der Waals surface area contributed by atoms with Crippen molar-refractivity contribution < 1.29 is 5.11 Å². The van der Waals surface area contributed by atoms with E-state index in [1.807, 2.05) is 0 Å². The maximum atomic E-state index is 9.39. The average Bonchev–Trinajstić information content (AvgIpc) is 2.52. The Morgan fingerprint density at radius 2 is 2.31 bits per heavy atom. The first kappa shape index (κ1) is 9.27. The summed E-state index contributed by atoms with van der Waals surface area (Å²) in [5, 5.41) is 9.39. The second kappa shape index (κ2) is 3.84. The van der Waals surface area contributed by atoms with E-state index < -0.39 is 0 Å². The van der Waals surface area contributed by atoms with Gasteiger partial charge >= 0.3 is 0 Å². The van der Waals surface area contributed by atoms with Gasteiger partial charge in [-0.1, -0.05) is 6.07 Å². The number of halogens is 1. The summed E-state index contributed by atoms with van der Waals surface area (Å²) < 4.78 is 1.25. The van der Waals surface area contributed by atoms with Gasteiger partial charge in [-0.2, -0.15) is 0 Å². The molecule has 1 fully saturated rings. The first-order valence-electron chi connectivity index (χ1n) is 4.44. The molecular formula is C10H12INO. The van der Waals surface area contributed by atoms with E-state index in [9.17, 15) is 5.11 Å². The van der Waals surface area contributed by atoms with Gasteiger partial charge in [-0.3, -0.25) is 0 Å². The van der Waals surface area contributed by atoms with Crippen molar-refractivity contribution in [3.8, 4) is 0 Å². The van der Waals surface area contributed by atoms with Crippen molar-refractivity contribution in [3.05, 3.63) is 27.8 Å². The van der Waals surface area contributed by atoms with Crippen molar-refractivity contribution >= 4 is 28.3 Å². The zero-order chi connectivity index (χ0) is 9.26. The number of hydrogen-bond acceptors (Lipinski definition) is 2. The van der Waals surface area contributed by atoms with Gasteiger partial charge in [-0.05, 0) is 47.2 Å². The van der Waals surface area contributed by atoms with E-state index in [1.165, 1.54) is 9.26 Å². The molecule has 3 heteroatoms. The van der Waals surface area contributed by atoms with Gasteiger partial charge in [0.05, 0.1) is 6.10 Å². The van der Waals surface area contributed by atoms with E-state index in [2.05, 4.69) is 51.8 Å². The van der Waals surface area contributed by atoms with Crippen LogP contribution in [-0.2, 0) is 0 Å². The number of nitrogens with zero attached hydrogens (tertiary/aromatic N) is 1. The summed E-state index contributed by atoms with van der Waals surface area (Å²) in [7, 11) is 0. The molecule has 1 heterocycles. The lowest BCUT2D eigenvalue weighted by Crippen LogP contribution is -2.20. The number of aliphatic hydroxyl groups excluding tert-OH is 1. The van der Waals surface area contributed by atoms with Crippen molar-refractivity contribution in [1.29, 1.82) is 0 Å². The maximum absolute atomic E-state index is 9.39. The Hall–Kier alpha value is -0.290. The van der Waals surface area contributed by atoms with Gasteiger partial charge in [-0.15, -0.1) is 0 Å². The lowest BCUT2D eigenvalue weighted by molar-refractivity contribution is 0.198. The van der Waals surface area contributed by atoms with Crippen LogP contribution >= 0.6 is 22.6 Å². The molecule has 0 spiro atoms. The van der Waals surface area contributed by atoms with E-state index in [4.69, 9.17) is 0 Å². The molecule has 1 atom stereocenters. The van der Waals surface area contributed by atoms with Crippen LogP contribution in [0, 0.1) is 3.57 Å². The molecule has 0 unspecified atom stereocenters. The summed E-state index contributed by atoms with van der Waals surface area (Å²) in [4.78, 5) is 2.23. The van der Waals surface area contributed by atoms with E-state index >= 15 is 0 Å². The first-order chi connectivity index (χ1) is 6.25. The molecule has 0 aromatic heterocycles. The highest BCUT2D eigenvalue weighted by molar-refractivity contribution is 14.1. The van der Waals surface area contributed by atoms with Gasteiger partial charge < -0.3 is 10.0 Å². The number of aliphatic hydroxyl groups is 1. The number of rotatable bonds is 1. The largest absolute Gasteiger partial charge is 0.391 e. The number of β-amino-alcohol motifs (C(OH)–C–C–N with tert-alkyl or cyclic N) is 1. The van der Waals surface area contributed by atoms with E-state index in [1.54, 1.807) is 0 Å². The molecule has 2 nitrogen and oxygen atoms in total. The fourth-order valence-electron chi connectivity index (χ4n) is 1.65. The molecule has 0 amide bonds. The Balaban J connectivity index is 2.16. The topological polar surface area (TPSA) is 23.5 Å². The quantitative estimate of drug-likeness (QED) is 0.798. The molecule has 2 rings (SSSR count). The SMILES string of the molecule is O[C@@H]1CCN(c2cccc(I)c2)C1. The van der Waals surface area contributed by atoms with Gasteiger partial charge in [0.15, 0.2) is 0 Å². The van der Waals surface area contributed by atoms with Crippen LogP contribution < -0.4 is 4.90 Å². The minimum Gasteiger partial charge on any atom is -0.391 e. The first-order valence-corrected chi connectivity index (χ1v) is 5.52. The van der Waals surface area contributed by atoms with Gasteiger partial charge in [0.1, 0.15) is 0 Å². The standard InChI is InChI=1S/C10H12INO/c11-8-2-1-3-9(6-8)12-5-4-10(13)7-12/h1-3,6,10,13H,4-5,7H2/t10-/m1/s1. The third-order valence-electron chi connectivity index (χ3n) is 2.34. The van der Waals surface area contributed by atoms with Crippen LogP contribution in [0.2, 0.25) is 0 Å². The fraction of sp³-hybridized carbons (Fsp3) is 0.400. The van der Waals surface area contributed by atoms with E-state index in [-0.39, 0.29) is 6.10 Å². The van der Waals surface area contributed by atoms with Crippen LogP contribution in [0.1, 0.15) is 6.42 Å². The number of benzene rings is 1. The van der Waals surface area contributed by atoms with Crippen molar-refractivity contribution in [2.75, 3.05) is 18.0 Å². The summed E-state index contributed by atoms with van der Waals surface area (Å²) >= 11 is 2.31. The Morgan fingerprint density at radius 1 is 1.46 bits per heavy atom. The van der Waals surface area contributed by atoms with E-state index in [0.29, 0.717) is 0 Å². The average molecular weight is 289 g/mol. The third kappa shape index (κ3) is 2.14. The maximum Gasteiger partial charge on any atom is 0.0731 e. The monoisotopic (exact) mass is 289 g/mol. The van der Waals surface area contributed by atoms with Crippen LogP contribution in [0.25, 0.3) is 0 Å². The molecule has 1 saturated heterocycles. The molecule has 0 aliphatic carbocycles. The second-order valence-corrected chi connectivity index (χ2v) is 4.61. The van der Waals surface area contributed by atoms with Gasteiger partial charge in [-0.25, -0.2) is 0 Å². The molecule has 1 aromatic carbocycles. The second-order valence-electron chi connectivity index (χ2n) is 3.37. The van der Waals surface area contributed by atoms with Gasteiger partial charge in [0.25, 0.3) is 0 Å². The lowest BCUT2D eigenvalue weighted by Gasteiger charge is -2.17. The van der Waals surface area contributed by atoms with Gasteiger partial charge in [0.2, 0.25) is 0 Å². The van der Waals surface area contributed by atoms with Crippen molar-refractivity contribution in [3.63, 3.8) is 0 Å². The molecule has 1 aliphatic rings. The molecule has 0 saturated carbocycles. The highest BCUT2D eigenvalue weighted by atomic mass is 127. The molecule has 1 N–H and O–H groups in total. The Labute approximate surface area is 91.7 Å². The van der Waals surface area contributed by atoms with Crippen LogP contribution in [-0.4, -0.2) is 24.3 Å². The molecule has 70 valence electrons. The molecule has 0 radical (unpaired) electrons. The molecule has 1 aliphatic heterocycles. The van der Waals surface area contributed by atoms with Crippen LogP contribution in [0.5, 0.6) is 0 Å². The summed E-state index contributed by atoms with van der Waals surface area (Å²) in [6, 6.07) is 8.39. The predicted molar refractivity (Wildman–Crippen MR) is 62.0 cm³/mol. The lowest BCUT2D eigenvalue weighted by atomic mass is 10.3.